The van der Waals surface area contributed by atoms with E-state index >= 15 is 0 Å². The van der Waals surface area contributed by atoms with Crippen LogP contribution in [0.15, 0.2) is 60.7 Å². The third kappa shape index (κ3) is 15.1. The van der Waals surface area contributed by atoms with Crippen LogP contribution < -0.4 is 11.1 Å². The highest BCUT2D eigenvalue weighted by molar-refractivity contribution is 7.19. The maximum atomic E-state index is 13.0. The zero-order valence-electron chi connectivity index (χ0n) is 39.9. The van der Waals surface area contributed by atoms with Crippen molar-refractivity contribution in [3.63, 3.8) is 0 Å². The third-order valence-corrected chi connectivity index (χ3v) is 14.9. The highest BCUT2D eigenvalue weighted by atomic mass is 35.5. The summed E-state index contributed by atoms with van der Waals surface area (Å²) in [6, 6.07) is 17.6. The Morgan fingerprint density at radius 2 is 1.09 bits per heavy atom. The minimum atomic E-state index is -0.492. The van der Waals surface area contributed by atoms with Crippen molar-refractivity contribution in [2.24, 2.45) is 11.8 Å². The largest absolute Gasteiger partial charge is 0.444 e. The maximum Gasteiger partial charge on any atom is 0.410 e. The molecule has 372 valence electrons. The Balaban J connectivity index is 0.000000196. The van der Waals surface area contributed by atoms with E-state index in [0.717, 1.165) is 74.8 Å². The van der Waals surface area contributed by atoms with E-state index in [4.69, 9.17) is 50.0 Å². The van der Waals surface area contributed by atoms with Gasteiger partial charge in [-0.05, 0) is 152 Å². The Labute approximate surface area is 427 Å². The minimum absolute atomic E-state index is 0.00328. The van der Waals surface area contributed by atoms with E-state index in [0.29, 0.717) is 79.9 Å². The second-order valence-corrected chi connectivity index (χ2v) is 23.3. The van der Waals surface area contributed by atoms with Gasteiger partial charge in [-0.15, -0.1) is 22.7 Å². The number of fused-ring (bicyclic) bond motifs is 2. The number of anilines is 2. The van der Waals surface area contributed by atoms with Crippen LogP contribution in [0.3, 0.4) is 0 Å². The summed E-state index contributed by atoms with van der Waals surface area (Å²) in [6.45, 7) is 16.5. The van der Waals surface area contributed by atoms with Crippen LogP contribution in [0.2, 0.25) is 8.67 Å². The molecule has 8 rings (SSSR count). The lowest BCUT2D eigenvalue weighted by Gasteiger charge is -2.34. The number of rotatable bonds is 9. The number of nitrogens with zero attached hydrogens (tertiary/aromatic N) is 4. The molecular weight excluding hydrogens is 983 g/mol. The Morgan fingerprint density at radius 3 is 1.49 bits per heavy atom. The Kier molecular flexibility index (Phi) is 18.1. The van der Waals surface area contributed by atoms with Crippen molar-refractivity contribution in [1.82, 2.24) is 19.6 Å². The molecule has 0 unspecified atom stereocenters. The van der Waals surface area contributed by atoms with Gasteiger partial charge in [-0.1, -0.05) is 35.3 Å². The predicted molar refractivity (Wildman–Crippen MR) is 274 cm³/mol. The number of halogens is 3. The first kappa shape index (κ1) is 53.5. The van der Waals surface area contributed by atoms with Crippen LogP contribution in [0, 0.1) is 11.8 Å². The number of piperidine rings is 2. The number of amides is 5. The number of benzene rings is 2. The van der Waals surface area contributed by atoms with Crippen LogP contribution >= 0.6 is 57.5 Å². The maximum absolute atomic E-state index is 13.0. The van der Waals surface area contributed by atoms with Gasteiger partial charge >= 0.3 is 12.2 Å². The molecule has 0 radical (unpaired) electrons. The molecule has 4 aromatic rings. The zero-order valence-corrected chi connectivity index (χ0v) is 43.8. The molecule has 69 heavy (non-hydrogen) atoms. The van der Waals surface area contributed by atoms with Gasteiger partial charge in [0, 0.05) is 86.0 Å². The normalized spacial score (nSPS) is 16.2. The molecular formula is C50H61Cl3N6O8S2. The SMILES string of the molecule is CC(C)(C)OC(=O)N1CCC(CCN2Cc3c(N)cccc3C2=O)CC1.CC(C)(C)OC(=O)N1CCC(CCN2Cc3c(NC(=O)c4ccc(Cl)s4)cccc3C2=O)CC1.O=C(Cl)c1ccc(Cl)s1. The van der Waals surface area contributed by atoms with E-state index < -0.39 is 16.4 Å². The summed E-state index contributed by atoms with van der Waals surface area (Å²) in [5, 5.41) is 2.48. The fourth-order valence-corrected chi connectivity index (χ4v) is 10.5. The van der Waals surface area contributed by atoms with Crippen LogP contribution in [0.4, 0.5) is 21.0 Å². The molecule has 0 aliphatic carbocycles. The fraction of sp³-hybridized carbons (Fsp3) is 0.480. The van der Waals surface area contributed by atoms with Gasteiger partial charge in [0.1, 0.15) is 11.2 Å². The summed E-state index contributed by atoms with van der Waals surface area (Å²) in [5.41, 5.74) is 9.59. The summed E-state index contributed by atoms with van der Waals surface area (Å²) in [6.07, 6.45) is 5.08. The minimum Gasteiger partial charge on any atom is -0.444 e. The second-order valence-electron chi connectivity index (χ2n) is 19.5. The summed E-state index contributed by atoms with van der Waals surface area (Å²) in [4.78, 5) is 81.2. The van der Waals surface area contributed by atoms with Crippen molar-refractivity contribution < 1.29 is 38.2 Å². The summed E-state index contributed by atoms with van der Waals surface area (Å²) in [7, 11) is 0. The van der Waals surface area contributed by atoms with Crippen molar-refractivity contribution >= 4 is 104 Å². The number of carbonyl (C=O) groups excluding carboxylic acids is 6. The van der Waals surface area contributed by atoms with E-state index in [1.165, 1.54) is 22.7 Å². The van der Waals surface area contributed by atoms with Gasteiger partial charge in [-0.3, -0.25) is 19.2 Å². The van der Waals surface area contributed by atoms with E-state index in [1.807, 2.05) is 81.7 Å². The van der Waals surface area contributed by atoms with Crippen molar-refractivity contribution in [3.8, 4) is 0 Å². The average Bonchev–Trinajstić information content (AvgIpc) is 4.08. The first-order valence-electron chi connectivity index (χ1n) is 23.1. The van der Waals surface area contributed by atoms with Crippen LogP contribution in [-0.4, -0.2) is 105 Å². The van der Waals surface area contributed by atoms with Gasteiger partial charge < -0.3 is 40.1 Å². The number of hydrogen-bond donors (Lipinski definition) is 2. The number of nitrogen functional groups attached to an aromatic ring is 1. The van der Waals surface area contributed by atoms with Gasteiger partial charge in [0.25, 0.3) is 23.0 Å². The fourth-order valence-electron chi connectivity index (χ4n) is 8.46. The molecule has 2 aromatic heterocycles. The number of nitrogens with two attached hydrogens (primary N) is 1. The van der Waals surface area contributed by atoms with Crippen molar-refractivity contribution in [3.05, 3.63) is 101 Å². The molecule has 6 heterocycles. The summed E-state index contributed by atoms with van der Waals surface area (Å²) in [5.74, 6) is 0.836. The Morgan fingerprint density at radius 1 is 0.652 bits per heavy atom. The van der Waals surface area contributed by atoms with Crippen molar-refractivity contribution in [2.75, 3.05) is 50.3 Å². The van der Waals surface area contributed by atoms with Crippen LogP contribution in [0.5, 0.6) is 0 Å². The number of likely N-dealkylation sites (tertiary alicyclic amines) is 2. The molecule has 2 saturated heterocycles. The number of thiophene rings is 2. The number of nitrogens with one attached hydrogen (secondary N) is 1. The highest BCUT2D eigenvalue weighted by Gasteiger charge is 2.33. The van der Waals surface area contributed by atoms with Gasteiger partial charge in [0.15, 0.2) is 0 Å². The van der Waals surface area contributed by atoms with Gasteiger partial charge in [-0.25, -0.2) is 9.59 Å². The first-order chi connectivity index (χ1) is 32.5. The van der Waals surface area contributed by atoms with E-state index in [2.05, 4.69) is 5.32 Å². The zero-order chi connectivity index (χ0) is 50.2. The molecule has 0 bridgehead atoms. The Hall–Kier alpha value is -4.87. The van der Waals surface area contributed by atoms with Gasteiger partial charge in [0.05, 0.1) is 18.4 Å². The summed E-state index contributed by atoms with van der Waals surface area (Å²) >= 11 is 19.0. The molecule has 0 spiro atoms. The lowest BCUT2D eigenvalue weighted by molar-refractivity contribution is 0.0167. The molecule has 2 fully saturated rings. The molecule has 0 saturated carbocycles. The van der Waals surface area contributed by atoms with Gasteiger partial charge in [0.2, 0.25) is 0 Å². The van der Waals surface area contributed by atoms with E-state index in [-0.39, 0.29) is 29.9 Å². The monoisotopic (exact) mass is 1040 g/mol. The smallest absolute Gasteiger partial charge is 0.410 e. The number of carbonyl (C=O) groups is 6. The molecule has 3 N–H and O–H groups in total. The van der Waals surface area contributed by atoms with Gasteiger partial charge in [-0.2, -0.15) is 0 Å². The second kappa shape index (κ2) is 23.4. The molecule has 4 aliphatic heterocycles. The number of hydrogen-bond acceptors (Lipinski definition) is 11. The van der Waals surface area contributed by atoms with Crippen molar-refractivity contribution in [2.45, 2.75) is 104 Å². The molecule has 2 aromatic carbocycles. The van der Waals surface area contributed by atoms with Crippen LogP contribution in [0.1, 0.15) is 131 Å². The third-order valence-electron chi connectivity index (χ3n) is 12.1. The summed E-state index contributed by atoms with van der Waals surface area (Å²) < 4.78 is 12.0. The lowest BCUT2D eigenvalue weighted by Crippen LogP contribution is -2.42. The Bertz CT molecular complexity index is 2500. The predicted octanol–water partition coefficient (Wildman–Crippen LogP) is 11.7. The first-order valence-corrected chi connectivity index (χ1v) is 25.9. The molecule has 19 heteroatoms. The molecule has 0 atom stereocenters. The molecule has 14 nitrogen and oxygen atoms in total. The van der Waals surface area contributed by atoms with Crippen molar-refractivity contribution in [1.29, 1.82) is 0 Å². The molecule has 4 aliphatic rings. The standard InChI is InChI=1S/C25H30ClN3O4S.C20H29N3O3.C5H2Cl2OS/c1-25(2,3)33-24(32)28-12-9-16(10-13-28)11-14-29-15-18-17(23(29)31)5-4-6-19(18)27-22(30)20-7-8-21(26)34-20;1-20(2,3)26-19(25)22-10-7-14(8-11-22)9-12-23-13-16-15(18(23)24)5-4-6-17(16)21;6-4-2-1-3(9-4)5(7)8/h4-8,16H,9-15H2,1-3H3,(H,27,30);4-6,14H,7-13,21H2,1-3H3;1-2H. The average molecular weight is 1040 g/mol. The van der Waals surface area contributed by atoms with E-state index in [1.54, 1.807) is 40.1 Å². The topological polar surface area (TPSA) is 172 Å². The van der Waals surface area contributed by atoms with E-state index in [9.17, 15) is 28.8 Å². The highest BCUT2D eigenvalue weighted by Crippen LogP contribution is 2.33. The van der Waals surface area contributed by atoms with Crippen LogP contribution in [0.25, 0.3) is 0 Å². The van der Waals surface area contributed by atoms with Crippen LogP contribution in [-0.2, 0) is 22.6 Å². The molecule has 5 amide bonds. The number of ether oxygens (including phenoxy) is 2. The lowest BCUT2D eigenvalue weighted by atomic mass is 9.93. The quantitative estimate of drug-likeness (QED) is 0.122.